The van der Waals surface area contributed by atoms with Gasteiger partial charge in [-0.15, -0.1) is 0 Å². The fraction of sp³-hybridized carbons (Fsp3) is 0.455. The van der Waals surface area contributed by atoms with Crippen molar-refractivity contribution in [1.82, 2.24) is 15.1 Å². The number of carbonyl (C=O) groups is 3. The fourth-order valence-corrected chi connectivity index (χ4v) is 5.84. The molecule has 1 unspecified atom stereocenters. The molecule has 5 rings (SSSR count). The van der Waals surface area contributed by atoms with Gasteiger partial charge in [-0.25, -0.2) is 4.68 Å². The van der Waals surface area contributed by atoms with Gasteiger partial charge in [-0.1, -0.05) is 49.4 Å². The molecule has 1 aromatic heterocycles. The molecule has 0 bridgehead atoms. The van der Waals surface area contributed by atoms with Crippen LogP contribution in [0.2, 0.25) is 0 Å². The van der Waals surface area contributed by atoms with E-state index >= 15 is 0 Å². The molecule has 41 heavy (non-hydrogen) atoms. The number of nitrogens with zero attached hydrogens (tertiary/aromatic N) is 2. The van der Waals surface area contributed by atoms with E-state index in [0.717, 1.165) is 54.6 Å². The summed E-state index contributed by atoms with van der Waals surface area (Å²) in [5, 5.41) is 10.4. The zero-order chi connectivity index (χ0) is 28.9. The highest BCUT2D eigenvalue weighted by Crippen LogP contribution is 2.52. The lowest BCUT2D eigenvalue weighted by atomic mass is 9.82. The zero-order valence-corrected chi connectivity index (χ0v) is 24.2. The SMILES string of the molecule is CCCOCn1nc(C)c(-c2ccc(NC(=O)C(C(=O)NCC(=O)c3ccccc3)C(C3CC3)C3CC3)cc2)c1C. The van der Waals surface area contributed by atoms with Crippen LogP contribution in [-0.2, 0) is 21.1 Å². The van der Waals surface area contributed by atoms with E-state index in [-0.39, 0.29) is 30.1 Å². The number of Topliss-reactive ketones (excluding diaryl/α,β-unsaturated/α-hetero) is 1. The molecule has 8 nitrogen and oxygen atoms in total. The van der Waals surface area contributed by atoms with Gasteiger partial charge in [-0.3, -0.25) is 14.4 Å². The Morgan fingerprint density at radius 1 is 0.951 bits per heavy atom. The monoisotopic (exact) mass is 556 g/mol. The van der Waals surface area contributed by atoms with Gasteiger partial charge in [-0.05, 0) is 81.4 Å². The van der Waals surface area contributed by atoms with Crippen LogP contribution in [0.1, 0.15) is 60.8 Å². The minimum absolute atomic E-state index is 0.00664. The number of benzene rings is 2. The van der Waals surface area contributed by atoms with Crippen LogP contribution in [0.25, 0.3) is 11.1 Å². The summed E-state index contributed by atoms with van der Waals surface area (Å²) in [6.07, 6.45) is 5.14. The Bertz CT molecular complexity index is 1360. The van der Waals surface area contributed by atoms with Crippen molar-refractivity contribution in [3.63, 3.8) is 0 Å². The highest BCUT2D eigenvalue weighted by molar-refractivity contribution is 6.08. The van der Waals surface area contributed by atoms with Crippen LogP contribution in [-0.4, -0.2) is 40.5 Å². The lowest BCUT2D eigenvalue weighted by Gasteiger charge is -2.26. The topological polar surface area (TPSA) is 102 Å². The van der Waals surface area contributed by atoms with Gasteiger partial charge in [-0.2, -0.15) is 5.10 Å². The largest absolute Gasteiger partial charge is 0.359 e. The van der Waals surface area contributed by atoms with Gasteiger partial charge in [0.05, 0.1) is 12.2 Å². The number of ketones is 1. The molecule has 2 aromatic carbocycles. The summed E-state index contributed by atoms with van der Waals surface area (Å²) in [7, 11) is 0. The quantitative estimate of drug-likeness (QED) is 0.154. The Kier molecular flexibility index (Phi) is 8.98. The number of ether oxygens (including phenoxy) is 1. The van der Waals surface area contributed by atoms with Crippen molar-refractivity contribution < 1.29 is 19.1 Å². The number of nitrogens with one attached hydrogen (secondary N) is 2. The second-order valence-corrected chi connectivity index (χ2v) is 11.4. The molecule has 1 atom stereocenters. The third kappa shape index (κ3) is 6.93. The molecule has 1 heterocycles. The third-order valence-corrected chi connectivity index (χ3v) is 8.19. The number of aromatic nitrogens is 2. The summed E-state index contributed by atoms with van der Waals surface area (Å²) >= 11 is 0. The average Bonchev–Trinajstić information content (AvgIpc) is 3.91. The second-order valence-electron chi connectivity index (χ2n) is 11.4. The van der Waals surface area contributed by atoms with E-state index in [4.69, 9.17) is 4.74 Å². The standard InChI is InChI=1S/C33H40N4O4/c1-4-18-41-20-37-22(3)29(21(2)36-37)24-14-16-27(17-15-24)35-33(40)31(30(25-10-11-25)26-12-13-26)32(39)34-19-28(38)23-8-6-5-7-9-23/h5-9,14-17,25-26,30-31H,4,10-13,18-20H2,1-3H3,(H,34,39)(H,35,40). The number of amides is 2. The lowest BCUT2D eigenvalue weighted by Crippen LogP contribution is -2.45. The summed E-state index contributed by atoms with van der Waals surface area (Å²) in [6, 6.07) is 16.6. The van der Waals surface area contributed by atoms with Crippen molar-refractivity contribution in [2.45, 2.75) is 59.6 Å². The van der Waals surface area contributed by atoms with Gasteiger partial charge in [0.2, 0.25) is 11.8 Å². The van der Waals surface area contributed by atoms with Crippen molar-refractivity contribution in [1.29, 1.82) is 0 Å². The summed E-state index contributed by atoms with van der Waals surface area (Å²) in [5.74, 6) is -0.888. The molecule has 8 heteroatoms. The highest BCUT2D eigenvalue weighted by atomic mass is 16.5. The molecule has 0 radical (unpaired) electrons. The van der Waals surface area contributed by atoms with Crippen LogP contribution in [0, 0.1) is 37.5 Å². The van der Waals surface area contributed by atoms with Gasteiger partial charge in [0.15, 0.2) is 5.78 Å². The lowest BCUT2D eigenvalue weighted by molar-refractivity contribution is -0.135. The zero-order valence-electron chi connectivity index (χ0n) is 24.2. The minimum atomic E-state index is -0.830. The number of hydrogen-bond donors (Lipinski definition) is 2. The molecule has 2 saturated carbocycles. The van der Waals surface area contributed by atoms with Crippen LogP contribution in [0.4, 0.5) is 5.69 Å². The Balaban J connectivity index is 1.29. The molecule has 0 saturated heterocycles. The number of rotatable bonds is 14. The molecule has 0 aliphatic heterocycles. The first-order chi connectivity index (χ1) is 19.9. The van der Waals surface area contributed by atoms with E-state index in [1.165, 1.54) is 0 Å². The van der Waals surface area contributed by atoms with Crippen molar-refractivity contribution in [3.05, 3.63) is 71.5 Å². The van der Waals surface area contributed by atoms with Gasteiger partial charge in [0, 0.05) is 29.1 Å². The molecule has 216 valence electrons. The van der Waals surface area contributed by atoms with E-state index in [1.54, 1.807) is 24.3 Å². The maximum atomic E-state index is 13.7. The summed E-state index contributed by atoms with van der Waals surface area (Å²) in [5.41, 5.74) is 5.16. The van der Waals surface area contributed by atoms with Crippen molar-refractivity contribution in [2.24, 2.45) is 23.7 Å². The van der Waals surface area contributed by atoms with Gasteiger partial charge < -0.3 is 15.4 Å². The van der Waals surface area contributed by atoms with Crippen LogP contribution in [0.15, 0.2) is 54.6 Å². The van der Waals surface area contributed by atoms with Crippen molar-refractivity contribution in [3.8, 4) is 11.1 Å². The molecule has 3 aromatic rings. The summed E-state index contributed by atoms with van der Waals surface area (Å²) in [6.45, 7) is 7.06. The second kappa shape index (κ2) is 12.8. The van der Waals surface area contributed by atoms with Crippen LogP contribution in [0.3, 0.4) is 0 Å². The van der Waals surface area contributed by atoms with Gasteiger partial charge in [0.1, 0.15) is 12.6 Å². The van der Waals surface area contributed by atoms with Crippen LogP contribution < -0.4 is 10.6 Å². The number of anilines is 1. The van der Waals surface area contributed by atoms with Crippen molar-refractivity contribution in [2.75, 3.05) is 18.5 Å². The van der Waals surface area contributed by atoms with Gasteiger partial charge >= 0.3 is 0 Å². The molecule has 2 amide bonds. The predicted octanol–water partition coefficient (Wildman–Crippen LogP) is 5.54. The summed E-state index contributed by atoms with van der Waals surface area (Å²) in [4.78, 5) is 39.8. The Morgan fingerprint density at radius 3 is 2.22 bits per heavy atom. The number of carbonyl (C=O) groups excluding carboxylic acids is 3. The Labute approximate surface area is 241 Å². The third-order valence-electron chi connectivity index (χ3n) is 8.19. The first-order valence-electron chi connectivity index (χ1n) is 14.8. The molecule has 2 aliphatic carbocycles. The first-order valence-corrected chi connectivity index (χ1v) is 14.8. The molecule has 2 fully saturated rings. The van der Waals surface area contributed by atoms with Crippen LogP contribution in [0.5, 0.6) is 0 Å². The molecule has 2 aliphatic rings. The fourth-order valence-electron chi connectivity index (χ4n) is 5.84. The highest BCUT2D eigenvalue weighted by Gasteiger charge is 2.50. The Morgan fingerprint density at radius 2 is 1.61 bits per heavy atom. The smallest absolute Gasteiger partial charge is 0.237 e. The first kappa shape index (κ1) is 28.7. The molecule has 2 N–H and O–H groups in total. The molecular weight excluding hydrogens is 516 g/mol. The maximum Gasteiger partial charge on any atom is 0.237 e. The maximum absolute atomic E-state index is 13.7. The summed E-state index contributed by atoms with van der Waals surface area (Å²) < 4.78 is 7.55. The Hall–Kier alpha value is -3.78. The normalized spacial score (nSPS) is 15.5. The number of aryl methyl sites for hydroxylation is 1. The van der Waals surface area contributed by atoms with E-state index < -0.39 is 5.92 Å². The van der Waals surface area contributed by atoms with E-state index in [1.807, 2.05) is 48.9 Å². The van der Waals surface area contributed by atoms with Crippen molar-refractivity contribution >= 4 is 23.3 Å². The van der Waals surface area contributed by atoms with E-state index in [2.05, 4.69) is 22.7 Å². The predicted molar refractivity (Wildman–Crippen MR) is 158 cm³/mol. The van der Waals surface area contributed by atoms with E-state index in [9.17, 15) is 14.4 Å². The molecular formula is C33H40N4O4. The van der Waals surface area contributed by atoms with Crippen LogP contribution >= 0.6 is 0 Å². The number of hydrogen-bond acceptors (Lipinski definition) is 5. The minimum Gasteiger partial charge on any atom is -0.359 e. The average molecular weight is 557 g/mol. The van der Waals surface area contributed by atoms with E-state index in [0.29, 0.717) is 36.4 Å². The van der Waals surface area contributed by atoms with Gasteiger partial charge in [0.25, 0.3) is 0 Å². The molecule has 0 spiro atoms.